The lowest BCUT2D eigenvalue weighted by atomic mass is 10.1. The molecular formula is C15H18N2O6. The van der Waals surface area contributed by atoms with Gasteiger partial charge in [-0.25, -0.2) is 4.79 Å². The Morgan fingerprint density at radius 2 is 2.17 bits per heavy atom. The molecule has 1 saturated heterocycles. The van der Waals surface area contributed by atoms with Crippen LogP contribution in [0.15, 0.2) is 12.1 Å². The fourth-order valence-electron chi connectivity index (χ4n) is 2.28. The van der Waals surface area contributed by atoms with E-state index in [4.69, 9.17) is 9.47 Å². The number of nitro benzene ring substituents is 1. The zero-order chi connectivity index (χ0) is 17.0. The van der Waals surface area contributed by atoms with Crippen LogP contribution < -0.4 is 5.32 Å². The first-order chi connectivity index (χ1) is 10.9. The molecule has 1 fully saturated rings. The van der Waals surface area contributed by atoms with Gasteiger partial charge in [0.05, 0.1) is 4.92 Å². The highest BCUT2D eigenvalue weighted by atomic mass is 16.6. The van der Waals surface area contributed by atoms with E-state index in [2.05, 4.69) is 5.32 Å². The molecule has 2 rings (SSSR count). The van der Waals surface area contributed by atoms with E-state index >= 15 is 0 Å². The third kappa shape index (κ3) is 4.04. The third-order valence-electron chi connectivity index (χ3n) is 3.71. The number of rotatable bonds is 5. The van der Waals surface area contributed by atoms with Crippen molar-refractivity contribution < 1.29 is 24.0 Å². The second-order valence-corrected chi connectivity index (χ2v) is 5.32. The van der Waals surface area contributed by atoms with Crippen LogP contribution in [0.1, 0.15) is 24.0 Å². The highest BCUT2D eigenvalue weighted by Gasteiger charge is 2.26. The van der Waals surface area contributed by atoms with Gasteiger partial charge >= 0.3 is 5.97 Å². The Balaban J connectivity index is 2.01. The second kappa shape index (κ2) is 7.19. The Kier molecular flexibility index (Phi) is 5.28. The van der Waals surface area contributed by atoms with Crippen molar-refractivity contribution in [2.45, 2.75) is 32.8 Å². The molecular weight excluding hydrogens is 304 g/mol. The molecule has 0 unspecified atom stereocenters. The first-order valence-electron chi connectivity index (χ1n) is 7.23. The van der Waals surface area contributed by atoms with Crippen molar-refractivity contribution in [1.29, 1.82) is 0 Å². The van der Waals surface area contributed by atoms with Crippen LogP contribution >= 0.6 is 0 Å². The van der Waals surface area contributed by atoms with Crippen LogP contribution in [0, 0.1) is 24.0 Å². The van der Waals surface area contributed by atoms with E-state index in [1.807, 2.05) is 0 Å². The molecule has 1 aromatic rings. The summed E-state index contributed by atoms with van der Waals surface area (Å²) in [5.41, 5.74) is 1.32. The average molecular weight is 322 g/mol. The number of ether oxygens (including phenoxy) is 2. The number of hydrogen-bond donors (Lipinski definition) is 1. The van der Waals surface area contributed by atoms with Gasteiger partial charge in [0.25, 0.3) is 11.6 Å². The smallest absolute Gasteiger partial charge is 0.335 e. The number of hydrogen-bond acceptors (Lipinski definition) is 6. The predicted octanol–water partition coefficient (Wildman–Crippen LogP) is 1.87. The first kappa shape index (κ1) is 16.9. The van der Waals surface area contributed by atoms with Gasteiger partial charge in [-0.05, 0) is 37.8 Å². The van der Waals surface area contributed by atoms with Crippen molar-refractivity contribution in [1.82, 2.24) is 0 Å². The normalized spacial score (nSPS) is 16.9. The number of anilines is 1. The maximum Gasteiger partial charge on any atom is 0.335 e. The lowest BCUT2D eigenvalue weighted by Gasteiger charge is -2.12. The molecule has 0 bridgehead atoms. The Morgan fingerprint density at radius 3 is 2.78 bits per heavy atom. The van der Waals surface area contributed by atoms with Crippen molar-refractivity contribution in [2.75, 3.05) is 18.5 Å². The van der Waals surface area contributed by atoms with E-state index in [-0.39, 0.29) is 11.4 Å². The van der Waals surface area contributed by atoms with E-state index in [0.717, 1.165) is 12.0 Å². The topological polar surface area (TPSA) is 108 Å². The first-order valence-corrected chi connectivity index (χ1v) is 7.23. The van der Waals surface area contributed by atoms with Crippen molar-refractivity contribution in [2.24, 2.45) is 0 Å². The van der Waals surface area contributed by atoms with Gasteiger partial charge in [-0.3, -0.25) is 14.9 Å². The standard InChI is InChI=1S/C15H18N2O6/c1-9-5-6-11(17(20)21)14(10(9)2)16-13(18)8-23-15(19)12-4-3-7-22-12/h5-6,12H,3-4,7-8H2,1-2H3,(H,16,18)/t12-/m0/s1. The van der Waals surface area contributed by atoms with E-state index in [1.54, 1.807) is 19.9 Å². The molecule has 0 saturated carbocycles. The summed E-state index contributed by atoms with van der Waals surface area (Å²) >= 11 is 0. The second-order valence-electron chi connectivity index (χ2n) is 5.32. The summed E-state index contributed by atoms with van der Waals surface area (Å²) < 4.78 is 10.0. The van der Waals surface area contributed by atoms with Gasteiger partial charge in [0.15, 0.2) is 12.7 Å². The molecule has 124 valence electrons. The number of esters is 1. The van der Waals surface area contributed by atoms with Crippen LogP contribution in [0.5, 0.6) is 0 Å². The minimum Gasteiger partial charge on any atom is -0.454 e. The number of aryl methyl sites for hydroxylation is 1. The largest absolute Gasteiger partial charge is 0.454 e. The van der Waals surface area contributed by atoms with Gasteiger partial charge in [0.1, 0.15) is 5.69 Å². The fraction of sp³-hybridized carbons (Fsp3) is 0.467. The molecule has 1 N–H and O–H groups in total. The quantitative estimate of drug-likeness (QED) is 0.504. The molecule has 8 heteroatoms. The molecule has 0 aliphatic carbocycles. The summed E-state index contributed by atoms with van der Waals surface area (Å²) in [6, 6.07) is 2.94. The minimum atomic E-state index is -0.631. The van der Waals surface area contributed by atoms with E-state index in [1.165, 1.54) is 6.07 Å². The lowest BCUT2D eigenvalue weighted by Crippen LogP contribution is -2.27. The number of carbonyl (C=O) groups excluding carboxylic acids is 2. The van der Waals surface area contributed by atoms with E-state index in [9.17, 15) is 19.7 Å². The number of nitrogens with zero attached hydrogens (tertiary/aromatic N) is 1. The van der Waals surface area contributed by atoms with Crippen LogP contribution in [0.3, 0.4) is 0 Å². The molecule has 1 aliphatic rings. The van der Waals surface area contributed by atoms with Gasteiger partial charge < -0.3 is 14.8 Å². The Labute approximate surface area is 132 Å². The summed E-state index contributed by atoms with van der Waals surface area (Å²) in [6.07, 6.45) is 0.724. The van der Waals surface area contributed by atoms with Gasteiger partial charge in [-0.2, -0.15) is 0 Å². The Bertz CT molecular complexity index is 637. The Morgan fingerprint density at radius 1 is 1.43 bits per heavy atom. The monoisotopic (exact) mass is 322 g/mol. The maximum absolute atomic E-state index is 11.9. The predicted molar refractivity (Wildman–Crippen MR) is 81.1 cm³/mol. The van der Waals surface area contributed by atoms with Crippen LogP contribution in [-0.4, -0.2) is 36.1 Å². The van der Waals surface area contributed by atoms with Crippen LogP contribution in [0.25, 0.3) is 0 Å². The molecule has 0 spiro atoms. The summed E-state index contributed by atoms with van der Waals surface area (Å²) in [7, 11) is 0. The average Bonchev–Trinajstić information content (AvgIpc) is 3.03. The van der Waals surface area contributed by atoms with E-state index < -0.39 is 29.5 Å². The van der Waals surface area contributed by atoms with Crippen molar-refractivity contribution in [3.8, 4) is 0 Å². The van der Waals surface area contributed by atoms with Crippen LogP contribution in [0.4, 0.5) is 11.4 Å². The molecule has 8 nitrogen and oxygen atoms in total. The third-order valence-corrected chi connectivity index (χ3v) is 3.71. The Hall–Kier alpha value is -2.48. The highest BCUT2D eigenvalue weighted by Crippen LogP contribution is 2.30. The summed E-state index contributed by atoms with van der Waals surface area (Å²) in [6.45, 7) is 3.45. The molecule has 0 radical (unpaired) electrons. The molecule has 1 aromatic carbocycles. The molecule has 23 heavy (non-hydrogen) atoms. The molecule has 1 amide bonds. The van der Waals surface area contributed by atoms with Gasteiger partial charge in [-0.15, -0.1) is 0 Å². The fourth-order valence-corrected chi connectivity index (χ4v) is 2.28. The number of nitro groups is 1. The highest BCUT2D eigenvalue weighted by molar-refractivity contribution is 5.96. The number of carbonyl (C=O) groups is 2. The molecule has 1 atom stereocenters. The van der Waals surface area contributed by atoms with Crippen molar-refractivity contribution in [3.05, 3.63) is 33.4 Å². The van der Waals surface area contributed by atoms with Gasteiger partial charge in [0.2, 0.25) is 0 Å². The minimum absolute atomic E-state index is 0.119. The number of amides is 1. The molecule has 1 heterocycles. The van der Waals surface area contributed by atoms with Crippen molar-refractivity contribution >= 4 is 23.3 Å². The SMILES string of the molecule is Cc1ccc([N+](=O)[O-])c(NC(=O)COC(=O)[C@@H]2CCCO2)c1C. The van der Waals surface area contributed by atoms with Crippen LogP contribution in [-0.2, 0) is 19.1 Å². The zero-order valence-electron chi connectivity index (χ0n) is 13.0. The van der Waals surface area contributed by atoms with Crippen molar-refractivity contribution in [3.63, 3.8) is 0 Å². The summed E-state index contributed by atoms with van der Waals surface area (Å²) in [5, 5.41) is 13.5. The lowest BCUT2D eigenvalue weighted by molar-refractivity contribution is -0.384. The molecule has 0 aromatic heterocycles. The molecule has 1 aliphatic heterocycles. The zero-order valence-corrected chi connectivity index (χ0v) is 13.0. The van der Waals surface area contributed by atoms with E-state index in [0.29, 0.717) is 18.6 Å². The maximum atomic E-state index is 11.9. The summed E-state index contributed by atoms with van der Waals surface area (Å²) in [5.74, 6) is -1.22. The number of benzene rings is 1. The van der Waals surface area contributed by atoms with Gasteiger partial charge in [-0.1, -0.05) is 6.07 Å². The summed E-state index contributed by atoms with van der Waals surface area (Å²) in [4.78, 5) is 34.1. The number of nitrogens with one attached hydrogen (secondary N) is 1. The van der Waals surface area contributed by atoms with Gasteiger partial charge in [0, 0.05) is 12.7 Å². The van der Waals surface area contributed by atoms with Crippen LogP contribution in [0.2, 0.25) is 0 Å².